The van der Waals surface area contributed by atoms with Gasteiger partial charge in [0.2, 0.25) is 0 Å². The molecule has 2 fully saturated rings. The molecule has 19 heavy (non-hydrogen) atoms. The Morgan fingerprint density at radius 1 is 1.53 bits per heavy atom. The smallest absolute Gasteiger partial charge is 0.317 e. The summed E-state index contributed by atoms with van der Waals surface area (Å²) in [5, 5.41) is 3.00. The Bertz CT molecular complexity index is 471. The van der Waals surface area contributed by atoms with Crippen molar-refractivity contribution in [1.29, 1.82) is 0 Å². The number of amides is 2. The highest BCUT2D eigenvalue weighted by Crippen LogP contribution is 2.38. The molecule has 0 radical (unpaired) electrons. The lowest BCUT2D eigenvalue weighted by Gasteiger charge is -2.22. The van der Waals surface area contributed by atoms with E-state index in [4.69, 9.17) is 4.74 Å². The zero-order valence-electron chi connectivity index (χ0n) is 10.7. The van der Waals surface area contributed by atoms with Crippen molar-refractivity contribution in [3.8, 4) is 0 Å². The molecule has 2 saturated heterocycles. The predicted molar refractivity (Wildman–Crippen MR) is 78.3 cm³/mol. The third-order valence-electron chi connectivity index (χ3n) is 3.95. The van der Waals surface area contributed by atoms with Crippen molar-refractivity contribution in [2.45, 2.75) is 19.4 Å². The summed E-state index contributed by atoms with van der Waals surface area (Å²) in [6.07, 6.45) is 2.17. The second-order valence-corrected chi connectivity index (χ2v) is 7.89. The summed E-state index contributed by atoms with van der Waals surface area (Å²) in [5.74, 6) is 0. The Balaban J connectivity index is 1.51. The highest BCUT2D eigenvalue weighted by atomic mass is 79.9. The molecule has 3 rings (SSSR count). The number of nitrogens with zero attached hydrogens (tertiary/aromatic N) is 1. The molecule has 0 saturated carbocycles. The van der Waals surface area contributed by atoms with Gasteiger partial charge in [0.1, 0.15) is 0 Å². The van der Waals surface area contributed by atoms with Gasteiger partial charge in [-0.05, 0) is 40.9 Å². The van der Waals surface area contributed by atoms with E-state index >= 15 is 0 Å². The highest BCUT2D eigenvalue weighted by Gasteiger charge is 2.42. The number of urea groups is 1. The number of ether oxygens (including phenoxy) is 1. The molecule has 1 atom stereocenters. The fourth-order valence-corrected chi connectivity index (χ4v) is 4.22. The van der Waals surface area contributed by atoms with E-state index in [2.05, 4.69) is 21.2 Å². The van der Waals surface area contributed by atoms with Gasteiger partial charge in [0.15, 0.2) is 0 Å². The maximum atomic E-state index is 12.1. The fourth-order valence-electron chi connectivity index (χ4n) is 2.80. The van der Waals surface area contributed by atoms with E-state index in [-0.39, 0.29) is 11.4 Å². The van der Waals surface area contributed by atoms with Crippen molar-refractivity contribution >= 4 is 33.3 Å². The second-order valence-electron chi connectivity index (χ2n) is 5.34. The van der Waals surface area contributed by atoms with Gasteiger partial charge in [0, 0.05) is 30.0 Å². The van der Waals surface area contributed by atoms with Gasteiger partial charge in [0.25, 0.3) is 0 Å². The Kier molecular flexibility index (Phi) is 3.82. The topological polar surface area (TPSA) is 41.6 Å². The summed E-state index contributed by atoms with van der Waals surface area (Å²) >= 11 is 5.08. The molecule has 2 amide bonds. The largest absolute Gasteiger partial charge is 0.381 e. The molecule has 1 aromatic rings. The van der Waals surface area contributed by atoms with Crippen LogP contribution >= 0.6 is 27.3 Å². The molecule has 0 aromatic carbocycles. The van der Waals surface area contributed by atoms with Gasteiger partial charge in [-0.25, -0.2) is 4.79 Å². The van der Waals surface area contributed by atoms with E-state index < -0.39 is 0 Å². The number of hydrogen-bond donors (Lipinski definition) is 1. The lowest BCUT2D eigenvalue weighted by atomic mass is 9.87. The van der Waals surface area contributed by atoms with Gasteiger partial charge in [-0.3, -0.25) is 0 Å². The molecule has 1 N–H and O–H groups in total. The predicted octanol–water partition coefficient (Wildman–Crippen LogP) is 2.83. The molecule has 2 aliphatic rings. The Morgan fingerprint density at radius 2 is 2.42 bits per heavy atom. The van der Waals surface area contributed by atoms with Crippen LogP contribution in [0.25, 0.3) is 0 Å². The summed E-state index contributed by atoms with van der Waals surface area (Å²) < 4.78 is 6.58. The van der Waals surface area contributed by atoms with Crippen molar-refractivity contribution < 1.29 is 9.53 Å². The van der Waals surface area contributed by atoms with Crippen molar-refractivity contribution in [2.24, 2.45) is 5.41 Å². The number of rotatable bonds is 2. The van der Waals surface area contributed by atoms with Crippen LogP contribution in [-0.4, -0.2) is 37.2 Å². The van der Waals surface area contributed by atoms with E-state index in [0.717, 1.165) is 42.9 Å². The van der Waals surface area contributed by atoms with E-state index in [1.165, 1.54) is 4.88 Å². The molecule has 1 unspecified atom stereocenters. The maximum absolute atomic E-state index is 12.1. The van der Waals surface area contributed by atoms with Crippen LogP contribution in [0.2, 0.25) is 0 Å². The van der Waals surface area contributed by atoms with Crippen molar-refractivity contribution in [3.63, 3.8) is 0 Å². The standard InChI is InChI=1S/C13H17BrN2O2S/c14-11-2-1-10(19-11)7-15-12(17)16-5-3-13(8-16)4-6-18-9-13/h1-2H,3-9H2,(H,15,17). The molecule has 104 valence electrons. The second kappa shape index (κ2) is 5.42. The summed E-state index contributed by atoms with van der Waals surface area (Å²) in [4.78, 5) is 15.2. The van der Waals surface area contributed by atoms with Crippen molar-refractivity contribution in [3.05, 3.63) is 20.8 Å². The molecule has 3 heterocycles. The van der Waals surface area contributed by atoms with Crippen LogP contribution in [0, 0.1) is 5.41 Å². The quantitative estimate of drug-likeness (QED) is 0.896. The monoisotopic (exact) mass is 344 g/mol. The SMILES string of the molecule is O=C(NCc1ccc(Br)s1)N1CCC2(CCOC2)C1. The first-order valence-electron chi connectivity index (χ1n) is 6.52. The number of hydrogen-bond acceptors (Lipinski definition) is 3. The van der Waals surface area contributed by atoms with Gasteiger partial charge in [-0.15, -0.1) is 11.3 Å². The van der Waals surface area contributed by atoms with Crippen LogP contribution in [0.3, 0.4) is 0 Å². The Morgan fingerprint density at radius 3 is 3.11 bits per heavy atom. The van der Waals surface area contributed by atoms with E-state index in [1.54, 1.807) is 11.3 Å². The molecule has 1 spiro atoms. The molecular formula is C13H17BrN2O2S. The van der Waals surface area contributed by atoms with Gasteiger partial charge in [0.05, 0.1) is 16.9 Å². The van der Waals surface area contributed by atoms with Crippen LogP contribution < -0.4 is 5.32 Å². The Hall–Kier alpha value is -0.590. The fraction of sp³-hybridized carbons (Fsp3) is 0.615. The normalized spacial score (nSPS) is 26.3. The average molecular weight is 345 g/mol. The molecular weight excluding hydrogens is 328 g/mol. The third-order valence-corrected chi connectivity index (χ3v) is 5.58. The number of nitrogens with one attached hydrogen (secondary N) is 1. The number of halogens is 1. The molecule has 2 aliphatic heterocycles. The van der Waals surface area contributed by atoms with Crippen LogP contribution in [0.15, 0.2) is 15.9 Å². The van der Waals surface area contributed by atoms with Crippen molar-refractivity contribution in [2.75, 3.05) is 26.3 Å². The summed E-state index contributed by atoms with van der Waals surface area (Å²) in [7, 11) is 0. The van der Waals surface area contributed by atoms with Gasteiger partial charge in [-0.2, -0.15) is 0 Å². The Labute approximate surface area is 125 Å². The summed E-state index contributed by atoms with van der Waals surface area (Å²) in [5.41, 5.74) is 0.239. The molecule has 0 aliphatic carbocycles. The molecule has 4 nitrogen and oxygen atoms in total. The van der Waals surface area contributed by atoms with Crippen molar-refractivity contribution in [1.82, 2.24) is 10.2 Å². The van der Waals surface area contributed by atoms with Crippen LogP contribution in [0.5, 0.6) is 0 Å². The average Bonchev–Trinajstić information content (AvgIpc) is 3.11. The first-order valence-corrected chi connectivity index (χ1v) is 8.13. The first-order chi connectivity index (χ1) is 9.17. The molecule has 1 aromatic heterocycles. The van der Waals surface area contributed by atoms with E-state index in [0.29, 0.717) is 6.54 Å². The third kappa shape index (κ3) is 2.95. The number of carbonyl (C=O) groups is 1. The van der Waals surface area contributed by atoms with Gasteiger partial charge >= 0.3 is 6.03 Å². The minimum atomic E-state index is 0.0493. The first kappa shape index (κ1) is 13.4. The van der Waals surface area contributed by atoms with E-state index in [1.807, 2.05) is 17.0 Å². The number of carbonyl (C=O) groups excluding carboxylic acids is 1. The molecule has 6 heteroatoms. The summed E-state index contributed by atoms with van der Waals surface area (Å²) in [6.45, 7) is 3.96. The maximum Gasteiger partial charge on any atom is 0.317 e. The zero-order valence-corrected chi connectivity index (χ0v) is 13.1. The number of thiophene rings is 1. The lowest BCUT2D eigenvalue weighted by molar-refractivity contribution is 0.152. The van der Waals surface area contributed by atoms with Crippen LogP contribution in [0.1, 0.15) is 17.7 Å². The van der Waals surface area contributed by atoms with Gasteiger partial charge < -0.3 is 15.0 Å². The number of likely N-dealkylation sites (tertiary alicyclic amines) is 1. The van der Waals surface area contributed by atoms with Gasteiger partial charge in [-0.1, -0.05) is 0 Å². The highest BCUT2D eigenvalue weighted by molar-refractivity contribution is 9.11. The lowest BCUT2D eigenvalue weighted by Crippen LogP contribution is -2.39. The minimum Gasteiger partial charge on any atom is -0.381 e. The van der Waals surface area contributed by atoms with E-state index in [9.17, 15) is 4.79 Å². The van der Waals surface area contributed by atoms with Crippen LogP contribution in [-0.2, 0) is 11.3 Å². The molecule has 0 bridgehead atoms. The van der Waals surface area contributed by atoms with Crippen LogP contribution in [0.4, 0.5) is 4.79 Å². The summed E-state index contributed by atoms with van der Waals surface area (Å²) in [6, 6.07) is 4.09. The minimum absolute atomic E-state index is 0.0493. The zero-order chi connectivity index (χ0) is 13.3.